The summed E-state index contributed by atoms with van der Waals surface area (Å²) in [6.07, 6.45) is 4.19. The van der Waals surface area contributed by atoms with Gasteiger partial charge in [-0.1, -0.05) is 11.6 Å². The van der Waals surface area contributed by atoms with Crippen LogP contribution < -0.4 is 15.6 Å². The van der Waals surface area contributed by atoms with Crippen molar-refractivity contribution in [2.45, 2.75) is 18.9 Å². The second kappa shape index (κ2) is 4.49. The Hall–Kier alpha value is -1.52. The SMILES string of the molecule is Cn1ccc2c(OC3CC4(CNC4)C3)ccc(Cl)c2c1=O. The number of halogens is 1. The second-order valence-corrected chi connectivity index (χ2v) is 6.72. The van der Waals surface area contributed by atoms with E-state index in [4.69, 9.17) is 16.3 Å². The predicted octanol–water partition coefficient (Wildman–Crippen LogP) is 2.32. The molecule has 0 atom stereocenters. The van der Waals surface area contributed by atoms with Gasteiger partial charge in [0, 0.05) is 37.1 Å². The van der Waals surface area contributed by atoms with Gasteiger partial charge < -0.3 is 14.6 Å². The molecule has 2 aromatic rings. The Labute approximate surface area is 127 Å². The van der Waals surface area contributed by atoms with Gasteiger partial charge in [0.2, 0.25) is 0 Å². The number of benzene rings is 1. The highest BCUT2D eigenvalue weighted by Crippen LogP contribution is 2.46. The van der Waals surface area contributed by atoms with Crippen LogP contribution in [-0.2, 0) is 7.05 Å². The molecule has 0 bridgehead atoms. The van der Waals surface area contributed by atoms with Crippen LogP contribution in [0.5, 0.6) is 5.75 Å². The quantitative estimate of drug-likeness (QED) is 0.926. The summed E-state index contributed by atoms with van der Waals surface area (Å²) in [4.78, 5) is 12.2. The van der Waals surface area contributed by atoms with E-state index in [1.54, 1.807) is 19.3 Å². The minimum absolute atomic E-state index is 0.0868. The molecule has 0 unspecified atom stereocenters. The summed E-state index contributed by atoms with van der Waals surface area (Å²) in [6.45, 7) is 2.21. The van der Waals surface area contributed by atoms with Crippen molar-refractivity contribution in [2.75, 3.05) is 13.1 Å². The Bertz CT molecular complexity index is 772. The van der Waals surface area contributed by atoms with Gasteiger partial charge in [0.15, 0.2) is 0 Å². The van der Waals surface area contributed by atoms with E-state index in [-0.39, 0.29) is 11.7 Å². The number of nitrogens with one attached hydrogen (secondary N) is 1. The molecule has 1 aromatic heterocycles. The Morgan fingerprint density at radius 2 is 2.10 bits per heavy atom. The first-order valence-electron chi connectivity index (χ1n) is 7.23. The van der Waals surface area contributed by atoms with Crippen molar-refractivity contribution in [3.8, 4) is 5.75 Å². The Morgan fingerprint density at radius 3 is 2.76 bits per heavy atom. The van der Waals surface area contributed by atoms with Crippen LogP contribution >= 0.6 is 11.6 Å². The van der Waals surface area contributed by atoms with Crippen molar-refractivity contribution >= 4 is 22.4 Å². The van der Waals surface area contributed by atoms with Gasteiger partial charge in [-0.25, -0.2) is 0 Å². The maximum atomic E-state index is 12.2. The van der Waals surface area contributed by atoms with E-state index in [9.17, 15) is 4.79 Å². The molecule has 0 amide bonds. The molecule has 1 saturated heterocycles. The van der Waals surface area contributed by atoms with Gasteiger partial charge in [0.05, 0.1) is 16.5 Å². The molecule has 4 nitrogen and oxygen atoms in total. The molecule has 110 valence electrons. The lowest BCUT2D eigenvalue weighted by Gasteiger charge is -2.53. The topological polar surface area (TPSA) is 43.3 Å². The van der Waals surface area contributed by atoms with Crippen LogP contribution in [0.2, 0.25) is 5.02 Å². The molecule has 2 heterocycles. The summed E-state index contributed by atoms with van der Waals surface area (Å²) in [6, 6.07) is 5.52. The van der Waals surface area contributed by atoms with Gasteiger partial charge >= 0.3 is 0 Å². The van der Waals surface area contributed by atoms with Crippen molar-refractivity contribution in [2.24, 2.45) is 12.5 Å². The number of hydrogen-bond donors (Lipinski definition) is 1. The van der Waals surface area contributed by atoms with Gasteiger partial charge in [0.1, 0.15) is 5.75 Å². The Balaban J connectivity index is 1.68. The zero-order chi connectivity index (χ0) is 14.6. The molecule has 1 aliphatic heterocycles. The molecule has 5 heteroatoms. The second-order valence-electron chi connectivity index (χ2n) is 6.32. The zero-order valence-corrected chi connectivity index (χ0v) is 12.6. The highest BCUT2D eigenvalue weighted by molar-refractivity contribution is 6.35. The van der Waals surface area contributed by atoms with Gasteiger partial charge in [-0.3, -0.25) is 4.79 Å². The normalized spacial score (nSPS) is 20.3. The van der Waals surface area contributed by atoms with Crippen molar-refractivity contribution in [3.05, 3.63) is 39.8 Å². The standard InChI is InChI=1S/C16H17ClN2O2/c1-19-5-4-11-13(3-2-12(17)14(11)15(19)20)21-10-6-16(7-10)8-18-9-16/h2-5,10,18H,6-9H2,1H3. The molecule has 2 fully saturated rings. The van der Waals surface area contributed by atoms with Crippen LogP contribution in [0.25, 0.3) is 10.8 Å². The number of aryl methyl sites for hydroxylation is 1. The lowest BCUT2D eigenvalue weighted by atomic mass is 9.63. The molecule has 1 saturated carbocycles. The summed E-state index contributed by atoms with van der Waals surface area (Å²) in [5, 5.41) is 5.14. The number of rotatable bonds is 2. The van der Waals surface area contributed by atoms with Crippen molar-refractivity contribution in [1.29, 1.82) is 0 Å². The van der Waals surface area contributed by atoms with E-state index < -0.39 is 0 Å². The Morgan fingerprint density at radius 1 is 1.33 bits per heavy atom. The van der Waals surface area contributed by atoms with Gasteiger partial charge in [-0.05, 0) is 31.0 Å². The number of hydrogen-bond acceptors (Lipinski definition) is 3. The van der Waals surface area contributed by atoms with Crippen molar-refractivity contribution in [3.63, 3.8) is 0 Å². The van der Waals surface area contributed by atoms with Gasteiger partial charge in [-0.15, -0.1) is 0 Å². The lowest BCUT2D eigenvalue weighted by molar-refractivity contribution is -0.0489. The predicted molar refractivity (Wildman–Crippen MR) is 83.2 cm³/mol. The van der Waals surface area contributed by atoms with E-state index in [0.717, 1.165) is 37.1 Å². The summed E-state index contributed by atoms with van der Waals surface area (Å²) in [5.74, 6) is 0.763. The fourth-order valence-corrected chi connectivity index (χ4v) is 3.67. The van der Waals surface area contributed by atoms with E-state index in [2.05, 4.69) is 5.32 Å². The van der Waals surface area contributed by atoms with Crippen LogP contribution in [0.15, 0.2) is 29.2 Å². The number of nitrogens with zero attached hydrogens (tertiary/aromatic N) is 1. The summed E-state index contributed by atoms with van der Waals surface area (Å²) < 4.78 is 7.65. The van der Waals surface area contributed by atoms with Crippen LogP contribution in [0, 0.1) is 5.41 Å². The van der Waals surface area contributed by atoms with E-state index in [0.29, 0.717) is 15.8 Å². The fraction of sp³-hybridized carbons (Fsp3) is 0.438. The first kappa shape index (κ1) is 13.2. The molecule has 1 aliphatic carbocycles. The zero-order valence-electron chi connectivity index (χ0n) is 11.9. The van der Waals surface area contributed by atoms with Crippen LogP contribution in [0.3, 0.4) is 0 Å². The third-order valence-electron chi connectivity index (χ3n) is 4.77. The number of aromatic nitrogens is 1. The maximum absolute atomic E-state index is 12.2. The summed E-state index contributed by atoms with van der Waals surface area (Å²) >= 11 is 6.19. The molecule has 4 rings (SSSR count). The minimum Gasteiger partial charge on any atom is -0.490 e. The first-order valence-corrected chi connectivity index (χ1v) is 7.61. The largest absolute Gasteiger partial charge is 0.490 e. The molecule has 1 spiro atoms. The molecule has 1 N–H and O–H groups in total. The van der Waals surface area contributed by atoms with Crippen LogP contribution in [0.4, 0.5) is 0 Å². The maximum Gasteiger partial charge on any atom is 0.259 e. The summed E-state index contributed by atoms with van der Waals surface area (Å²) in [7, 11) is 1.73. The number of pyridine rings is 1. The number of ether oxygens (including phenoxy) is 1. The van der Waals surface area contributed by atoms with E-state index in [1.165, 1.54) is 4.57 Å². The van der Waals surface area contributed by atoms with E-state index >= 15 is 0 Å². The minimum atomic E-state index is -0.0868. The van der Waals surface area contributed by atoms with Crippen molar-refractivity contribution in [1.82, 2.24) is 9.88 Å². The highest BCUT2D eigenvalue weighted by Gasteiger charge is 2.49. The average Bonchev–Trinajstić information content (AvgIpc) is 2.37. The molecular weight excluding hydrogens is 288 g/mol. The molecule has 0 radical (unpaired) electrons. The van der Waals surface area contributed by atoms with Gasteiger partial charge in [-0.2, -0.15) is 0 Å². The highest BCUT2D eigenvalue weighted by atomic mass is 35.5. The third kappa shape index (κ3) is 1.97. The molecule has 2 aliphatic rings. The summed E-state index contributed by atoms with van der Waals surface area (Å²) in [5.41, 5.74) is 0.388. The van der Waals surface area contributed by atoms with Gasteiger partial charge in [0.25, 0.3) is 5.56 Å². The average molecular weight is 305 g/mol. The Kier molecular flexibility index (Phi) is 2.81. The lowest BCUT2D eigenvalue weighted by Crippen LogP contribution is -2.62. The molecule has 21 heavy (non-hydrogen) atoms. The van der Waals surface area contributed by atoms with E-state index in [1.807, 2.05) is 12.1 Å². The van der Waals surface area contributed by atoms with Crippen LogP contribution in [0.1, 0.15) is 12.8 Å². The molecular formula is C16H17ClN2O2. The molecule has 1 aromatic carbocycles. The van der Waals surface area contributed by atoms with Crippen LogP contribution in [-0.4, -0.2) is 23.8 Å². The third-order valence-corrected chi connectivity index (χ3v) is 5.08. The first-order chi connectivity index (χ1) is 10.1. The van der Waals surface area contributed by atoms with Crippen molar-refractivity contribution < 1.29 is 4.74 Å². The smallest absolute Gasteiger partial charge is 0.259 e. The fourth-order valence-electron chi connectivity index (χ4n) is 3.43. The number of fused-ring (bicyclic) bond motifs is 1. The monoisotopic (exact) mass is 304 g/mol.